The van der Waals surface area contributed by atoms with Crippen LogP contribution >= 0.6 is 0 Å². The number of hydrogen-bond acceptors (Lipinski definition) is 5. The van der Waals surface area contributed by atoms with E-state index in [1.165, 1.54) is 50.1 Å². The number of aliphatic hydroxyl groups is 1. The van der Waals surface area contributed by atoms with Gasteiger partial charge in [0.25, 0.3) is 5.91 Å². The second-order valence-corrected chi connectivity index (χ2v) is 14.5. The third-order valence-corrected chi connectivity index (χ3v) is 11.0. The minimum atomic E-state index is -3.95. The van der Waals surface area contributed by atoms with E-state index in [0.717, 1.165) is 59.4 Å². The third-order valence-electron chi connectivity index (χ3n) is 9.57. The molecule has 10 heteroatoms. The molecule has 2 atom stereocenters. The van der Waals surface area contributed by atoms with Crippen LogP contribution in [0.3, 0.4) is 0 Å². The van der Waals surface area contributed by atoms with Gasteiger partial charge in [0.15, 0.2) is 0 Å². The number of likely N-dealkylation sites (tertiary alicyclic amines) is 1. The number of nitrogens with one attached hydrogen (secondary N) is 1. The Kier molecular flexibility index (Phi) is 8.06. The Labute approximate surface area is 248 Å². The first-order chi connectivity index (χ1) is 20.1. The molecule has 2 unspecified atom stereocenters. The second kappa shape index (κ2) is 11.6. The van der Waals surface area contributed by atoms with Crippen molar-refractivity contribution in [1.82, 2.24) is 18.5 Å². The van der Waals surface area contributed by atoms with Crippen molar-refractivity contribution >= 4 is 38.5 Å². The number of rotatable bonds is 5. The van der Waals surface area contributed by atoms with Gasteiger partial charge in [0.2, 0.25) is 5.91 Å². The molecule has 42 heavy (non-hydrogen) atoms. The number of β-amino-alcohol motifs (C(OH)–C–C–N with tert-alkyl or cyclic N) is 1. The molecule has 2 aliphatic carbocycles. The number of fused-ring (bicyclic) bond motifs is 4. The normalized spacial score (nSPS) is 23.6. The van der Waals surface area contributed by atoms with Gasteiger partial charge in [0.1, 0.15) is 0 Å². The number of carbonyl (C=O) groups excluding carboxylic acids is 2. The SMILES string of the molecule is CN(C)S(=O)(=O)NC(=O)c1ccc2c(C3CCCCC3)c3n(c2c1)CC(C(=O)N1CCCC(O)C1)CC1=C3C=CCC1. The lowest BCUT2D eigenvalue weighted by Gasteiger charge is -2.33. The van der Waals surface area contributed by atoms with E-state index in [0.29, 0.717) is 32.0 Å². The van der Waals surface area contributed by atoms with Crippen molar-refractivity contribution in [2.75, 3.05) is 27.2 Å². The van der Waals surface area contributed by atoms with Gasteiger partial charge in [-0.3, -0.25) is 9.59 Å². The first-order valence-corrected chi connectivity index (χ1v) is 16.8. The summed E-state index contributed by atoms with van der Waals surface area (Å²) in [6, 6.07) is 5.50. The lowest BCUT2D eigenvalue weighted by atomic mass is 9.80. The first-order valence-electron chi connectivity index (χ1n) is 15.4. The molecule has 1 saturated carbocycles. The van der Waals surface area contributed by atoms with E-state index in [1.54, 1.807) is 12.1 Å². The van der Waals surface area contributed by atoms with Crippen LogP contribution in [0.1, 0.15) is 91.7 Å². The summed E-state index contributed by atoms with van der Waals surface area (Å²) in [5.74, 6) is -0.495. The van der Waals surface area contributed by atoms with E-state index in [2.05, 4.69) is 21.4 Å². The van der Waals surface area contributed by atoms with Crippen molar-refractivity contribution in [2.24, 2.45) is 5.92 Å². The van der Waals surface area contributed by atoms with Crippen LogP contribution in [0, 0.1) is 5.92 Å². The van der Waals surface area contributed by atoms with E-state index in [9.17, 15) is 23.1 Å². The fourth-order valence-electron chi connectivity index (χ4n) is 7.40. The fourth-order valence-corrected chi connectivity index (χ4v) is 7.93. The summed E-state index contributed by atoms with van der Waals surface area (Å²) in [4.78, 5) is 29.0. The van der Waals surface area contributed by atoms with Crippen LogP contribution in [-0.4, -0.2) is 72.4 Å². The third kappa shape index (κ3) is 5.44. The molecule has 0 spiro atoms. The van der Waals surface area contributed by atoms with Gasteiger partial charge in [-0.1, -0.05) is 43.1 Å². The van der Waals surface area contributed by atoms with Gasteiger partial charge in [0.05, 0.1) is 17.7 Å². The van der Waals surface area contributed by atoms with E-state index in [4.69, 9.17) is 0 Å². The number of benzene rings is 1. The number of carbonyl (C=O) groups is 2. The standard InChI is InChI=1S/C32H42N4O5S/c1-34(2)42(40,41)33-31(38)23-14-15-27-28(18-23)36-19-24(32(39)35-16-8-12-25(37)20-35)17-22-11-6-7-13-26(22)30(36)29(27)21-9-4-3-5-10-21/h7,13-15,18,21,24-25,37H,3-6,8-12,16-17,19-20H2,1-2H3,(H,33,38). The first kappa shape index (κ1) is 29.1. The number of amides is 2. The molecule has 4 aliphatic rings. The second-order valence-electron chi connectivity index (χ2n) is 12.6. The van der Waals surface area contributed by atoms with Crippen LogP contribution in [0.4, 0.5) is 0 Å². The van der Waals surface area contributed by atoms with Crippen LogP contribution in [-0.2, 0) is 21.5 Å². The quantitative estimate of drug-likeness (QED) is 0.535. The Bertz CT molecular complexity index is 1560. The lowest BCUT2D eigenvalue weighted by Crippen LogP contribution is -2.45. The van der Waals surface area contributed by atoms with Crippen molar-refractivity contribution < 1.29 is 23.1 Å². The molecule has 2 N–H and O–H groups in total. The van der Waals surface area contributed by atoms with E-state index < -0.39 is 22.2 Å². The Morgan fingerprint density at radius 3 is 2.57 bits per heavy atom. The van der Waals surface area contributed by atoms with Gasteiger partial charge in [0, 0.05) is 50.2 Å². The monoisotopic (exact) mass is 594 g/mol. The summed E-state index contributed by atoms with van der Waals surface area (Å²) < 4.78 is 30.2. The molecule has 6 rings (SSSR count). The number of nitrogens with zero attached hydrogens (tertiary/aromatic N) is 3. The van der Waals surface area contributed by atoms with Gasteiger partial charge in [-0.05, 0) is 74.1 Å². The molecule has 226 valence electrons. The summed E-state index contributed by atoms with van der Waals surface area (Å²) in [5.41, 5.74) is 6.11. The number of allylic oxidation sites excluding steroid dienone is 4. The summed E-state index contributed by atoms with van der Waals surface area (Å²) in [6.45, 7) is 1.51. The maximum absolute atomic E-state index is 14.0. The largest absolute Gasteiger partial charge is 0.391 e. The van der Waals surface area contributed by atoms with Crippen molar-refractivity contribution in [3.63, 3.8) is 0 Å². The highest BCUT2D eigenvalue weighted by Gasteiger charge is 2.36. The van der Waals surface area contributed by atoms with E-state index in [-0.39, 0.29) is 17.4 Å². The highest BCUT2D eigenvalue weighted by Crippen LogP contribution is 2.47. The number of aliphatic hydroxyl groups excluding tert-OH is 1. The Balaban J connectivity index is 1.50. The topological polar surface area (TPSA) is 112 Å². The maximum Gasteiger partial charge on any atom is 0.303 e. The van der Waals surface area contributed by atoms with Crippen LogP contribution in [0.15, 0.2) is 35.9 Å². The van der Waals surface area contributed by atoms with Gasteiger partial charge >= 0.3 is 10.2 Å². The molecule has 2 aliphatic heterocycles. The lowest BCUT2D eigenvalue weighted by molar-refractivity contribution is -0.139. The Hall–Kier alpha value is -2.95. The molecule has 3 heterocycles. The molecule has 9 nitrogen and oxygen atoms in total. The highest BCUT2D eigenvalue weighted by atomic mass is 32.2. The average Bonchev–Trinajstić information content (AvgIpc) is 3.19. The number of piperidine rings is 1. The van der Waals surface area contributed by atoms with E-state index in [1.807, 2.05) is 11.0 Å². The molecular formula is C32H42N4O5S. The molecule has 1 aromatic heterocycles. The molecule has 1 aromatic carbocycles. The van der Waals surface area contributed by atoms with Crippen LogP contribution in [0.2, 0.25) is 0 Å². The summed E-state index contributed by atoms with van der Waals surface area (Å²) >= 11 is 0. The zero-order valence-corrected chi connectivity index (χ0v) is 25.5. The predicted octanol–water partition coefficient (Wildman–Crippen LogP) is 4.33. The van der Waals surface area contributed by atoms with Crippen molar-refractivity contribution in [3.8, 4) is 0 Å². The highest BCUT2D eigenvalue weighted by molar-refractivity contribution is 7.87. The van der Waals surface area contributed by atoms with Gasteiger partial charge in [-0.25, -0.2) is 4.72 Å². The zero-order chi connectivity index (χ0) is 29.6. The van der Waals surface area contributed by atoms with Crippen LogP contribution in [0.5, 0.6) is 0 Å². The average molecular weight is 595 g/mol. The molecule has 1 saturated heterocycles. The fraction of sp³-hybridized carbons (Fsp3) is 0.562. The van der Waals surface area contributed by atoms with E-state index >= 15 is 0 Å². The molecule has 2 aromatic rings. The van der Waals surface area contributed by atoms with Gasteiger partial charge in [-0.15, -0.1) is 0 Å². The smallest absolute Gasteiger partial charge is 0.303 e. The molecule has 0 radical (unpaired) electrons. The minimum Gasteiger partial charge on any atom is -0.391 e. The van der Waals surface area contributed by atoms with Crippen LogP contribution in [0.25, 0.3) is 16.5 Å². The summed E-state index contributed by atoms with van der Waals surface area (Å²) in [7, 11) is -1.19. The molecule has 2 amide bonds. The molecule has 2 fully saturated rings. The molecular weight excluding hydrogens is 552 g/mol. The zero-order valence-electron chi connectivity index (χ0n) is 24.6. The molecule has 0 bridgehead atoms. The van der Waals surface area contributed by atoms with Crippen LogP contribution < -0.4 is 4.72 Å². The van der Waals surface area contributed by atoms with Crippen molar-refractivity contribution in [3.05, 3.63) is 52.7 Å². The number of hydrogen-bond donors (Lipinski definition) is 2. The number of aromatic nitrogens is 1. The van der Waals surface area contributed by atoms with Gasteiger partial charge < -0.3 is 14.6 Å². The Morgan fingerprint density at radius 2 is 1.83 bits per heavy atom. The van der Waals surface area contributed by atoms with Crippen molar-refractivity contribution in [2.45, 2.75) is 82.8 Å². The Morgan fingerprint density at radius 1 is 1.05 bits per heavy atom. The predicted molar refractivity (Wildman–Crippen MR) is 163 cm³/mol. The van der Waals surface area contributed by atoms with Crippen molar-refractivity contribution in [1.29, 1.82) is 0 Å². The minimum absolute atomic E-state index is 0.0787. The van der Waals surface area contributed by atoms with Gasteiger partial charge in [-0.2, -0.15) is 12.7 Å². The summed E-state index contributed by atoms with van der Waals surface area (Å²) in [6.07, 6.45) is 13.8. The maximum atomic E-state index is 14.0. The summed E-state index contributed by atoms with van der Waals surface area (Å²) in [5, 5.41) is 11.4.